The molecule has 0 unspecified atom stereocenters. The van der Waals surface area contributed by atoms with E-state index in [1.165, 1.54) is 12.8 Å². The van der Waals surface area contributed by atoms with Gasteiger partial charge in [0.2, 0.25) is 5.91 Å². The molecule has 124 valence electrons. The molecule has 0 spiro atoms. The van der Waals surface area contributed by atoms with E-state index in [1.807, 2.05) is 24.3 Å². The summed E-state index contributed by atoms with van der Waals surface area (Å²) in [7, 11) is 3.26. The van der Waals surface area contributed by atoms with E-state index in [9.17, 15) is 4.79 Å². The average Bonchev–Trinajstić information content (AvgIpc) is 3.26. The van der Waals surface area contributed by atoms with E-state index in [0.717, 1.165) is 37.0 Å². The standard InChI is InChI=1S/C19H25NO3/c1-22-17-11-7-14(18(13-17)23-2)8-12-19(21)20(16-9-10-16)15-5-3-4-6-15/h7-8,11-13,15-16H,3-6,9-10H2,1-2H3/b12-8+. The lowest BCUT2D eigenvalue weighted by atomic mass is 10.1. The first-order chi connectivity index (χ1) is 11.2. The Labute approximate surface area is 138 Å². The molecular formula is C19H25NO3. The molecule has 0 radical (unpaired) electrons. The van der Waals surface area contributed by atoms with Gasteiger partial charge in [0.15, 0.2) is 0 Å². The number of carbonyl (C=O) groups excluding carboxylic acids is 1. The predicted molar refractivity (Wildman–Crippen MR) is 90.7 cm³/mol. The van der Waals surface area contributed by atoms with Gasteiger partial charge in [0, 0.05) is 29.8 Å². The van der Waals surface area contributed by atoms with E-state index in [4.69, 9.17) is 9.47 Å². The quantitative estimate of drug-likeness (QED) is 0.752. The van der Waals surface area contributed by atoms with Gasteiger partial charge < -0.3 is 14.4 Å². The number of amides is 1. The molecule has 0 bridgehead atoms. The summed E-state index contributed by atoms with van der Waals surface area (Å²) in [6, 6.07) is 6.53. The number of carbonyl (C=O) groups is 1. The SMILES string of the molecule is COc1ccc(/C=C/C(=O)N(C2CCCC2)C2CC2)c(OC)c1. The molecule has 2 fully saturated rings. The highest BCUT2D eigenvalue weighted by Crippen LogP contribution is 2.35. The minimum Gasteiger partial charge on any atom is -0.497 e. The van der Waals surface area contributed by atoms with Crippen molar-refractivity contribution < 1.29 is 14.3 Å². The fraction of sp³-hybridized carbons (Fsp3) is 0.526. The van der Waals surface area contributed by atoms with E-state index in [0.29, 0.717) is 17.8 Å². The lowest BCUT2D eigenvalue weighted by Gasteiger charge is -2.28. The molecule has 0 aromatic heterocycles. The van der Waals surface area contributed by atoms with Crippen LogP contribution < -0.4 is 9.47 Å². The van der Waals surface area contributed by atoms with E-state index in [-0.39, 0.29) is 5.91 Å². The summed E-state index contributed by atoms with van der Waals surface area (Å²) in [6.07, 6.45) is 10.7. The van der Waals surface area contributed by atoms with Crippen LogP contribution in [0.25, 0.3) is 6.08 Å². The van der Waals surface area contributed by atoms with Gasteiger partial charge in [-0.15, -0.1) is 0 Å². The summed E-state index contributed by atoms with van der Waals surface area (Å²) >= 11 is 0. The summed E-state index contributed by atoms with van der Waals surface area (Å²) < 4.78 is 10.6. The van der Waals surface area contributed by atoms with Crippen molar-refractivity contribution >= 4 is 12.0 Å². The molecular weight excluding hydrogens is 290 g/mol. The second-order valence-electron chi connectivity index (χ2n) is 6.36. The monoisotopic (exact) mass is 315 g/mol. The Kier molecular flexibility index (Phi) is 4.89. The zero-order valence-corrected chi connectivity index (χ0v) is 14.0. The van der Waals surface area contributed by atoms with Crippen molar-refractivity contribution in [1.29, 1.82) is 0 Å². The first kappa shape index (κ1) is 15.9. The van der Waals surface area contributed by atoms with Crippen LogP contribution in [0, 0.1) is 0 Å². The van der Waals surface area contributed by atoms with Crippen LogP contribution in [-0.4, -0.2) is 37.1 Å². The van der Waals surface area contributed by atoms with Crippen molar-refractivity contribution in [3.05, 3.63) is 29.8 Å². The van der Waals surface area contributed by atoms with E-state index in [2.05, 4.69) is 4.90 Å². The van der Waals surface area contributed by atoms with Gasteiger partial charge in [0.05, 0.1) is 14.2 Å². The number of rotatable bonds is 6. The van der Waals surface area contributed by atoms with Gasteiger partial charge in [-0.05, 0) is 43.9 Å². The molecule has 0 N–H and O–H groups in total. The number of ether oxygens (including phenoxy) is 2. The highest BCUT2D eigenvalue weighted by molar-refractivity contribution is 5.92. The molecule has 23 heavy (non-hydrogen) atoms. The van der Waals surface area contributed by atoms with E-state index >= 15 is 0 Å². The largest absolute Gasteiger partial charge is 0.497 e. The number of hydrogen-bond donors (Lipinski definition) is 0. The van der Waals surface area contributed by atoms with Gasteiger partial charge in [-0.3, -0.25) is 4.79 Å². The first-order valence-electron chi connectivity index (χ1n) is 8.45. The number of benzene rings is 1. The van der Waals surface area contributed by atoms with Crippen LogP contribution in [0.2, 0.25) is 0 Å². The normalized spacial score (nSPS) is 18.3. The number of methoxy groups -OCH3 is 2. The van der Waals surface area contributed by atoms with Gasteiger partial charge in [0.25, 0.3) is 0 Å². The van der Waals surface area contributed by atoms with Crippen molar-refractivity contribution in [1.82, 2.24) is 4.90 Å². The molecule has 0 saturated heterocycles. The molecule has 1 aromatic carbocycles. The Bertz CT molecular complexity index is 586. The van der Waals surface area contributed by atoms with Crippen molar-refractivity contribution in [2.75, 3.05) is 14.2 Å². The van der Waals surface area contributed by atoms with Gasteiger partial charge in [-0.2, -0.15) is 0 Å². The zero-order valence-electron chi connectivity index (χ0n) is 14.0. The molecule has 2 aliphatic carbocycles. The van der Waals surface area contributed by atoms with Crippen molar-refractivity contribution in [2.45, 2.75) is 50.6 Å². The van der Waals surface area contributed by atoms with Crippen LogP contribution >= 0.6 is 0 Å². The maximum Gasteiger partial charge on any atom is 0.247 e. The fourth-order valence-corrected chi connectivity index (χ4v) is 3.40. The molecule has 2 aliphatic rings. The summed E-state index contributed by atoms with van der Waals surface area (Å²) in [4.78, 5) is 14.8. The third-order valence-corrected chi connectivity index (χ3v) is 4.76. The molecule has 2 saturated carbocycles. The van der Waals surface area contributed by atoms with Crippen LogP contribution in [0.5, 0.6) is 11.5 Å². The van der Waals surface area contributed by atoms with Crippen LogP contribution in [0.15, 0.2) is 24.3 Å². The predicted octanol–water partition coefficient (Wildman–Crippen LogP) is 3.65. The van der Waals surface area contributed by atoms with Crippen LogP contribution in [-0.2, 0) is 4.79 Å². The van der Waals surface area contributed by atoms with Crippen molar-refractivity contribution in [2.24, 2.45) is 0 Å². The van der Waals surface area contributed by atoms with Crippen LogP contribution in [0.1, 0.15) is 44.1 Å². The highest BCUT2D eigenvalue weighted by Gasteiger charge is 2.37. The molecule has 0 atom stereocenters. The minimum atomic E-state index is 0.136. The summed E-state index contributed by atoms with van der Waals surface area (Å²) in [5.74, 6) is 1.60. The van der Waals surface area contributed by atoms with Gasteiger partial charge in [-0.1, -0.05) is 12.8 Å². The third-order valence-electron chi connectivity index (χ3n) is 4.76. The lowest BCUT2D eigenvalue weighted by Crippen LogP contribution is -2.39. The zero-order chi connectivity index (χ0) is 16.2. The molecule has 4 nitrogen and oxygen atoms in total. The maximum absolute atomic E-state index is 12.7. The Morgan fingerprint density at radius 2 is 1.78 bits per heavy atom. The second-order valence-corrected chi connectivity index (χ2v) is 6.36. The molecule has 1 aromatic rings. The Balaban J connectivity index is 1.74. The van der Waals surface area contributed by atoms with Crippen molar-refractivity contribution in [3.63, 3.8) is 0 Å². The second kappa shape index (κ2) is 7.07. The van der Waals surface area contributed by atoms with E-state index in [1.54, 1.807) is 20.3 Å². The van der Waals surface area contributed by atoms with Gasteiger partial charge in [-0.25, -0.2) is 0 Å². The van der Waals surface area contributed by atoms with Crippen LogP contribution in [0.3, 0.4) is 0 Å². The smallest absolute Gasteiger partial charge is 0.247 e. The minimum absolute atomic E-state index is 0.136. The number of nitrogens with zero attached hydrogens (tertiary/aromatic N) is 1. The third kappa shape index (κ3) is 3.69. The van der Waals surface area contributed by atoms with Crippen LogP contribution in [0.4, 0.5) is 0 Å². The highest BCUT2D eigenvalue weighted by atomic mass is 16.5. The molecule has 0 aliphatic heterocycles. The summed E-state index contributed by atoms with van der Waals surface area (Å²) in [5, 5.41) is 0. The molecule has 3 rings (SSSR count). The summed E-state index contributed by atoms with van der Waals surface area (Å²) in [6.45, 7) is 0. The fourth-order valence-electron chi connectivity index (χ4n) is 3.40. The molecule has 4 heteroatoms. The first-order valence-corrected chi connectivity index (χ1v) is 8.45. The summed E-state index contributed by atoms with van der Waals surface area (Å²) in [5.41, 5.74) is 0.892. The van der Waals surface area contributed by atoms with Gasteiger partial charge >= 0.3 is 0 Å². The Hall–Kier alpha value is -1.97. The molecule has 0 heterocycles. The van der Waals surface area contributed by atoms with Crippen molar-refractivity contribution in [3.8, 4) is 11.5 Å². The lowest BCUT2D eigenvalue weighted by molar-refractivity contribution is -0.128. The molecule has 1 amide bonds. The Morgan fingerprint density at radius 3 is 2.39 bits per heavy atom. The number of hydrogen-bond acceptors (Lipinski definition) is 3. The maximum atomic E-state index is 12.7. The topological polar surface area (TPSA) is 38.8 Å². The Morgan fingerprint density at radius 1 is 1.09 bits per heavy atom. The van der Waals surface area contributed by atoms with E-state index < -0.39 is 0 Å². The van der Waals surface area contributed by atoms with Gasteiger partial charge in [0.1, 0.15) is 11.5 Å². The average molecular weight is 315 g/mol.